The van der Waals surface area contributed by atoms with Crippen molar-refractivity contribution >= 4 is 35.3 Å². The number of likely N-dealkylation sites (N-methyl/N-ethyl adjacent to an activating group) is 2. The number of nitrogens with zero attached hydrogens (tertiary/aromatic N) is 4. The van der Waals surface area contributed by atoms with E-state index in [1.165, 1.54) is 0 Å². The minimum atomic E-state index is 0.178. The van der Waals surface area contributed by atoms with Crippen LogP contribution in [0.15, 0.2) is 24.3 Å². The van der Waals surface area contributed by atoms with Crippen molar-refractivity contribution in [3.05, 3.63) is 39.9 Å². The number of hydrogen-bond donors (Lipinski definition) is 1. The van der Waals surface area contributed by atoms with E-state index in [0.717, 1.165) is 45.6 Å². The predicted octanol–water partition coefficient (Wildman–Crippen LogP) is 3.29. The van der Waals surface area contributed by atoms with E-state index in [-0.39, 0.29) is 12.1 Å². The zero-order valence-electron chi connectivity index (χ0n) is 19.4. The van der Waals surface area contributed by atoms with Crippen LogP contribution in [0.1, 0.15) is 17.3 Å². The third-order valence-electron chi connectivity index (χ3n) is 6.52. The first-order chi connectivity index (χ1) is 15.9. The molecule has 0 amide bonds. The molecular weight excluding hydrogens is 461 g/mol. The lowest BCUT2D eigenvalue weighted by Crippen LogP contribution is -2.52. The summed E-state index contributed by atoms with van der Waals surface area (Å²) in [5.74, 6) is 0.965. The molecule has 1 unspecified atom stereocenters. The monoisotopic (exact) mass is 491 g/mol. The summed E-state index contributed by atoms with van der Waals surface area (Å²) in [6, 6.07) is 7.82. The van der Waals surface area contributed by atoms with Gasteiger partial charge < -0.3 is 19.9 Å². The van der Waals surface area contributed by atoms with Crippen LogP contribution in [0, 0.1) is 0 Å². The Morgan fingerprint density at radius 1 is 1.21 bits per heavy atom. The van der Waals surface area contributed by atoms with Crippen molar-refractivity contribution in [2.75, 3.05) is 64.9 Å². The van der Waals surface area contributed by atoms with E-state index in [1.807, 2.05) is 24.3 Å². The average molecular weight is 492 g/mol. The number of pyridine rings is 1. The Morgan fingerprint density at radius 3 is 2.70 bits per heavy atom. The molecule has 178 valence electrons. The summed E-state index contributed by atoms with van der Waals surface area (Å²) < 4.78 is 6.29. The molecule has 1 N–H and O–H groups in total. The van der Waals surface area contributed by atoms with Gasteiger partial charge in [0.2, 0.25) is 0 Å². The van der Waals surface area contributed by atoms with Gasteiger partial charge in [0.1, 0.15) is 23.0 Å². The van der Waals surface area contributed by atoms with Gasteiger partial charge >= 0.3 is 0 Å². The first-order valence-corrected chi connectivity index (χ1v) is 12.1. The molecule has 2 aliphatic rings. The van der Waals surface area contributed by atoms with Crippen molar-refractivity contribution in [1.29, 1.82) is 0 Å². The number of benzene rings is 1. The minimum Gasteiger partial charge on any atom is -0.489 e. The summed E-state index contributed by atoms with van der Waals surface area (Å²) in [5, 5.41) is 4.25. The number of anilines is 1. The van der Waals surface area contributed by atoms with E-state index in [0.29, 0.717) is 45.0 Å². The highest BCUT2D eigenvalue weighted by Crippen LogP contribution is 2.43. The fourth-order valence-electron chi connectivity index (χ4n) is 4.52. The van der Waals surface area contributed by atoms with Crippen LogP contribution in [0.3, 0.4) is 0 Å². The first-order valence-electron chi connectivity index (χ1n) is 11.3. The number of hydrogen-bond acceptors (Lipinski definition) is 7. The fraction of sp³-hybridized carbons (Fsp3) is 0.500. The molecule has 0 bridgehead atoms. The zero-order valence-corrected chi connectivity index (χ0v) is 20.9. The summed E-state index contributed by atoms with van der Waals surface area (Å²) in [4.78, 5) is 24.0. The highest BCUT2D eigenvalue weighted by atomic mass is 35.5. The van der Waals surface area contributed by atoms with E-state index in [4.69, 9.17) is 32.9 Å². The molecule has 3 heterocycles. The molecule has 0 spiro atoms. The predicted molar refractivity (Wildman–Crippen MR) is 134 cm³/mol. The van der Waals surface area contributed by atoms with Crippen LogP contribution in [0.2, 0.25) is 10.0 Å². The summed E-state index contributed by atoms with van der Waals surface area (Å²) >= 11 is 13.4. The second-order valence-corrected chi connectivity index (χ2v) is 9.68. The maximum Gasteiger partial charge on any atom is 0.157 e. The van der Waals surface area contributed by atoms with Crippen LogP contribution in [0.25, 0.3) is 11.3 Å². The number of carbonyl (C=O) groups is 1. The highest BCUT2D eigenvalue weighted by molar-refractivity contribution is 6.37. The van der Waals surface area contributed by atoms with E-state index in [9.17, 15) is 4.79 Å². The Balaban J connectivity index is 1.80. The molecule has 0 saturated carbocycles. The average Bonchev–Trinajstić information content (AvgIpc) is 2.80. The standard InChI is InChI=1S/C24H31Cl2N5O2/c1-16-13-29(2)10-11-31(16)24-19(14-32)23(33-15-17-12-27-8-9-30(17)3)21(26)22(28-24)18-6-4-5-7-20(18)25/h4-7,14,16-17,27H,8-13,15H2,1-3H3/t16-,17?/m0/s1. The molecule has 1 aromatic carbocycles. The van der Waals surface area contributed by atoms with Gasteiger partial charge in [-0.25, -0.2) is 4.98 Å². The molecule has 2 fully saturated rings. The molecule has 2 atom stereocenters. The summed E-state index contributed by atoms with van der Waals surface area (Å²) in [7, 11) is 4.18. The smallest absolute Gasteiger partial charge is 0.157 e. The van der Waals surface area contributed by atoms with Crippen LogP contribution >= 0.6 is 23.2 Å². The zero-order chi connectivity index (χ0) is 23.5. The number of aromatic nitrogens is 1. The molecular formula is C24H31Cl2N5O2. The molecule has 7 nitrogen and oxygen atoms in total. The van der Waals surface area contributed by atoms with Crippen molar-refractivity contribution < 1.29 is 9.53 Å². The van der Waals surface area contributed by atoms with E-state index >= 15 is 0 Å². The van der Waals surface area contributed by atoms with Gasteiger partial charge in [-0.3, -0.25) is 9.69 Å². The van der Waals surface area contributed by atoms with Gasteiger partial charge in [0, 0.05) is 50.9 Å². The van der Waals surface area contributed by atoms with Gasteiger partial charge in [-0.2, -0.15) is 0 Å². The SMILES string of the molecule is C[C@H]1CN(C)CCN1c1nc(-c2ccccc2Cl)c(Cl)c(OCC2CNCCN2C)c1C=O. The number of aldehydes is 1. The Morgan fingerprint density at radius 2 is 2.00 bits per heavy atom. The Kier molecular flexibility index (Phi) is 7.76. The number of piperazine rings is 2. The molecule has 9 heteroatoms. The molecule has 1 aromatic heterocycles. The fourth-order valence-corrected chi connectivity index (χ4v) is 5.05. The van der Waals surface area contributed by atoms with Gasteiger partial charge in [0.15, 0.2) is 12.0 Å². The molecule has 2 aliphatic heterocycles. The van der Waals surface area contributed by atoms with Crippen molar-refractivity contribution in [2.45, 2.75) is 19.0 Å². The van der Waals surface area contributed by atoms with Crippen LogP contribution in [-0.2, 0) is 0 Å². The Bertz CT molecular complexity index is 1010. The topological polar surface area (TPSA) is 60.9 Å². The first kappa shape index (κ1) is 24.2. The van der Waals surface area contributed by atoms with Crippen LogP contribution in [0.4, 0.5) is 5.82 Å². The van der Waals surface area contributed by atoms with Crippen molar-refractivity contribution in [3.63, 3.8) is 0 Å². The second kappa shape index (κ2) is 10.6. The van der Waals surface area contributed by atoms with Crippen molar-refractivity contribution in [3.8, 4) is 17.0 Å². The van der Waals surface area contributed by atoms with Crippen LogP contribution in [0.5, 0.6) is 5.75 Å². The lowest BCUT2D eigenvalue weighted by molar-refractivity contribution is 0.111. The Hall–Kier alpha value is -1.90. The van der Waals surface area contributed by atoms with Crippen molar-refractivity contribution in [2.24, 2.45) is 0 Å². The van der Waals surface area contributed by atoms with Crippen LogP contribution in [-0.4, -0.2) is 93.1 Å². The Labute approximate surface area is 205 Å². The molecule has 2 aromatic rings. The number of nitrogens with one attached hydrogen (secondary N) is 1. The van der Waals surface area contributed by atoms with Crippen molar-refractivity contribution in [1.82, 2.24) is 20.1 Å². The lowest BCUT2D eigenvalue weighted by Gasteiger charge is -2.40. The second-order valence-electron chi connectivity index (χ2n) is 8.89. The third kappa shape index (κ3) is 5.12. The molecule has 33 heavy (non-hydrogen) atoms. The van der Waals surface area contributed by atoms with E-state index in [2.05, 4.69) is 41.0 Å². The molecule has 4 rings (SSSR count). The number of ether oxygens (including phenoxy) is 1. The van der Waals surface area contributed by atoms with E-state index in [1.54, 1.807) is 0 Å². The number of carbonyl (C=O) groups excluding carboxylic acids is 1. The maximum absolute atomic E-state index is 12.4. The third-order valence-corrected chi connectivity index (χ3v) is 7.20. The maximum atomic E-state index is 12.4. The number of halogens is 2. The van der Waals surface area contributed by atoms with Gasteiger partial charge in [-0.15, -0.1) is 0 Å². The molecule has 2 saturated heterocycles. The summed E-state index contributed by atoms with van der Waals surface area (Å²) in [5.41, 5.74) is 1.63. The van der Waals surface area contributed by atoms with Gasteiger partial charge in [-0.1, -0.05) is 41.4 Å². The number of rotatable bonds is 6. The van der Waals surface area contributed by atoms with E-state index < -0.39 is 0 Å². The largest absolute Gasteiger partial charge is 0.489 e. The van der Waals surface area contributed by atoms with Gasteiger partial charge in [0.05, 0.1) is 16.8 Å². The minimum absolute atomic E-state index is 0.178. The normalized spacial score (nSPS) is 22.4. The molecule has 0 radical (unpaired) electrons. The van der Waals surface area contributed by atoms with Gasteiger partial charge in [0.25, 0.3) is 0 Å². The summed E-state index contributed by atoms with van der Waals surface area (Å²) in [6.07, 6.45) is 0.813. The summed E-state index contributed by atoms with van der Waals surface area (Å²) in [6.45, 7) is 7.76. The van der Waals surface area contributed by atoms with Crippen LogP contribution < -0.4 is 15.0 Å². The lowest BCUT2D eigenvalue weighted by atomic mass is 10.1. The quantitative estimate of drug-likeness (QED) is 0.621. The molecule has 0 aliphatic carbocycles. The highest BCUT2D eigenvalue weighted by Gasteiger charge is 2.30. The van der Waals surface area contributed by atoms with Gasteiger partial charge in [-0.05, 0) is 27.1 Å².